The Kier molecular flexibility index (Phi) is 10.3. The van der Waals surface area contributed by atoms with Gasteiger partial charge in [0.2, 0.25) is 0 Å². The number of ether oxygens (including phenoxy) is 1. The highest BCUT2D eigenvalue weighted by Crippen LogP contribution is 2.19. The van der Waals surface area contributed by atoms with Gasteiger partial charge in [0.05, 0.1) is 5.60 Å². The van der Waals surface area contributed by atoms with E-state index in [9.17, 15) is 0 Å². The Bertz CT molecular complexity index is 195. The van der Waals surface area contributed by atoms with Crippen molar-refractivity contribution in [1.82, 2.24) is 5.32 Å². The Morgan fingerprint density at radius 3 is 2.39 bits per heavy atom. The quantitative estimate of drug-likeness (QED) is 0.617. The molecule has 0 amide bonds. The molecule has 18 heavy (non-hydrogen) atoms. The van der Waals surface area contributed by atoms with Gasteiger partial charge < -0.3 is 10.1 Å². The van der Waals surface area contributed by atoms with Crippen molar-refractivity contribution in [2.75, 3.05) is 25.2 Å². The minimum Gasteiger partial charge on any atom is -0.379 e. The van der Waals surface area contributed by atoms with Crippen molar-refractivity contribution in [3.05, 3.63) is 0 Å². The lowest BCUT2D eigenvalue weighted by atomic mass is 9.99. The first kappa shape index (κ1) is 18.3. The monoisotopic (exact) mass is 275 g/mol. The molecule has 0 saturated carbocycles. The average molecular weight is 276 g/mol. The number of thioether (sulfide) groups is 1. The predicted molar refractivity (Wildman–Crippen MR) is 84.6 cm³/mol. The van der Waals surface area contributed by atoms with Crippen molar-refractivity contribution < 1.29 is 4.74 Å². The van der Waals surface area contributed by atoms with Crippen LogP contribution in [-0.4, -0.2) is 36.8 Å². The van der Waals surface area contributed by atoms with E-state index in [1.165, 1.54) is 24.3 Å². The number of rotatable bonds is 11. The van der Waals surface area contributed by atoms with Crippen LogP contribution in [0.1, 0.15) is 53.9 Å². The second kappa shape index (κ2) is 10.1. The van der Waals surface area contributed by atoms with Crippen LogP contribution in [0.3, 0.4) is 0 Å². The highest BCUT2D eigenvalue weighted by Gasteiger charge is 2.19. The van der Waals surface area contributed by atoms with E-state index >= 15 is 0 Å². The molecular formula is C15H33NOS. The first-order chi connectivity index (χ1) is 8.41. The number of hydrogen-bond acceptors (Lipinski definition) is 3. The fourth-order valence-corrected chi connectivity index (χ4v) is 2.84. The van der Waals surface area contributed by atoms with E-state index in [-0.39, 0.29) is 5.60 Å². The summed E-state index contributed by atoms with van der Waals surface area (Å²) in [6, 6.07) is 0.628. The minimum atomic E-state index is 0.00879. The summed E-state index contributed by atoms with van der Waals surface area (Å²) >= 11 is 2.07. The number of methoxy groups -OCH3 is 1. The molecule has 0 fully saturated rings. The van der Waals surface area contributed by atoms with Gasteiger partial charge in [-0.25, -0.2) is 0 Å². The summed E-state index contributed by atoms with van der Waals surface area (Å²) in [5, 5.41) is 3.66. The van der Waals surface area contributed by atoms with Gasteiger partial charge in [-0.3, -0.25) is 0 Å². The lowest BCUT2D eigenvalue weighted by molar-refractivity contribution is 0.0122. The van der Waals surface area contributed by atoms with Crippen LogP contribution in [0.25, 0.3) is 0 Å². The fraction of sp³-hybridized carbons (Fsp3) is 1.00. The smallest absolute Gasteiger partial charge is 0.0623 e. The molecule has 0 aromatic rings. The molecule has 2 nitrogen and oxygen atoms in total. The van der Waals surface area contributed by atoms with Gasteiger partial charge in [-0.1, -0.05) is 20.8 Å². The van der Waals surface area contributed by atoms with Crippen LogP contribution >= 0.6 is 11.8 Å². The van der Waals surface area contributed by atoms with E-state index < -0.39 is 0 Å². The van der Waals surface area contributed by atoms with Gasteiger partial charge in [-0.2, -0.15) is 11.8 Å². The van der Waals surface area contributed by atoms with Gasteiger partial charge >= 0.3 is 0 Å². The van der Waals surface area contributed by atoms with E-state index in [2.05, 4.69) is 51.7 Å². The molecule has 0 saturated heterocycles. The highest BCUT2D eigenvalue weighted by molar-refractivity contribution is 7.99. The maximum absolute atomic E-state index is 5.50. The van der Waals surface area contributed by atoms with Crippen LogP contribution in [0.5, 0.6) is 0 Å². The standard InChI is InChI=1S/C15H33NOS/c1-7-10-16-14(12-18-11-13(2)3)8-9-15(4,5)17-6/h13-14,16H,7-12H2,1-6H3. The summed E-state index contributed by atoms with van der Waals surface area (Å²) in [6.07, 6.45) is 3.53. The third kappa shape index (κ3) is 10.2. The average Bonchev–Trinajstić information content (AvgIpc) is 2.31. The molecule has 0 spiro atoms. The predicted octanol–water partition coefficient (Wildman–Crippen LogP) is 3.95. The molecule has 0 aliphatic heterocycles. The van der Waals surface area contributed by atoms with E-state index in [0.29, 0.717) is 6.04 Å². The molecular weight excluding hydrogens is 242 g/mol. The van der Waals surface area contributed by atoms with Crippen LogP contribution < -0.4 is 5.32 Å². The van der Waals surface area contributed by atoms with Gasteiger partial charge in [0.25, 0.3) is 0 Å². The van der Waals surface area contributed by atoms with Crippen molar-refractivity contribution >= 4 is 11.8 Å². The van der Waals surface area contributed by atoms with Crippen molar-refractivity contribution in [2.45, 2.75) is 65.5 Å². The van der Waals surface area contributed by atoms with Gasteiger partial charge in [0.1, 0.15) is 0 Å². The Morgan fingerprint density at radius 1 is 1.22 bits per heavy atom. The fourth-order valence-electron chi connectivity index (χ4n) is 1.66. The minimum absolute atomic E-state index is 0.00879. The SMILES string of the molecule is CCCNC(CCC(C)(C)OC)CSCC(C)C. The van der Waals surface area contributed by atoms with E-state index in [1.54, 1.807) is 0 Å². The Balaban J connectivity index is 3.98. The second-order valence-corrected chi connectivity index (χ2v) is 7.16. The largest absolute Gasteiger partial charge is 0.379 e. The van der Waals surface area contributed by atoms with Crippen molar-refractivity contribution in [3.63, 3.8) is 0 Å². The van der Waals surface area contributed by atoms with Crippen LogP contribution in [0.2, 0.25) is 0 Å². The number of nitrogens with one attached hydrogen (secondary N) is 1. The molecule has 1 N–H and O–H groups in total. The highest BCUT2D eigenvalue weighted by atomic mass is 32.2. The van der Waals surface area contributed by atoms with Gasteiger partial charge in [-0.15, -0.1) is 0 Å². The zero-order valence-corrected chi connectivity index (χ0v) is 14.0. The summed E-state index contributed by atoms with van der Waals surface area (Å²) in [6.45, 7) is 12.3. The summed E-state index contributed by atoms with van der Waals surface area (Å²) in [4.78, 5) is 0. The van der Waals surface area contributed by atoms with Gasteiger partial charge in [0.15, 0.2) is 0 Å². The molecule has 3 heteroatoms. The van der Waals surface area contributed by atoms with E-state index in [0.717, 1.165) is 18.9 Å². The van der Waals surface area contributed by atoms with Gasteiger partial charge in [-0.05, 0) is 51.3 Å². The van der Waals surface area contributed by atoms with E-state index in [4.69, 9.17) is 4.74 Å². The van der Waals surface area contributed by atoms with E-state index in [1.807, 2.05) is 7.11 Å². The molecule has 0 aromatic carbocycles. The lowest BCUT2D eigenvalue weighted by Gasteiger charge is -2.26. The van der Waals surface area contributed by atoms with Crippen LogP contribution in [0.15, 0.2) is 0 Å². The number of hydrogen-bond donors (Lipinski definition) is 1. The zero-order chi connectivity index (χ0) is 14.0. The molecule has 0 aliphatic carbocycles. The molecule has 0 bridgehead atoms. The van der Waals surface area contributed by atoms with Crippen LogP contribution in [-0.2, 0) is 4.74 Å². The third-order valence-electron chi connectivity index (χ3n) is 3.10. The Labute approximate surface area is 119 Å². The first-order valence-corrected chi connectivity index (χ1v) is 8.43. The molecule has 1 atom stereocenters. The Morgan fingerprint density at radius 2 is 1.89 bits per heavy atom. The molecule has 1 unspecified atom stereocenters. The molecule has 110 valence electrons. The normalized spacial score (nSPS) is 14.2. The summed E-state index contributed by atoms with van der Waals surface area (Å²) in [5.74, 6) is 3.27. The van der Waals surface area contributed by atoms with Crippen molar-refractivity contribution in [2.24, 2.45) is 5.92 Å². The Hall–Kier alpha value is 0.270. The van der Waals surface area contributed by atoms with Crippen molar-refractivity contribution in [3.8, 4) is 0 Å². The van der Waals surface area contributed by atoms with Crippen molar-refractivity contribution in [1.29, 1.82) is 0 Å². The van der Waals surface area contributed by atoms with Crippen LogP contribution in [0.4, 0.5) is 0 Å². The molecule has 0 heterocycles. The zero-order valence-electron chi connectivity index (χ0n) is 13.2. The second-order valence-electron chi connectivity index (χ2n) is 6.08. The molecule has 0 aliphatic rings. The molecule has 0 rings (SSSR count). The maximum atomic E-state index is 5.50. The third-order valence-corrected chi connectivity index (χ3v) is 4.64. The summed E-state index contributed by atoms with van der Waals surface area (Å²) in [5.41, 5.74) is 0.00879. The molecule has 0 aromatic heterocycles. The maximum Gasteiger partial charge on any atom is 0.0623 e. The summed E-state index contributed by atoms with van der Waals surface area (Å²) < 4.78 is 5.50. The summed E-state index contributed by atoms with van der Waals surface area (Å²) in [7, 11) is 1.81. The van der Waals surface area contributed by atoms with Gasteiger partial charge in [0, 0.05) is 18.9 Å². The topological polar surface area (TPSA) is 21.3 Å². The first-order valence-electron chi connectivity index (χ1n) is 7.27. The van der Waals surface area contributed by atoms with Crippen LogP contribution in [0, 0.1) is 5.92 Å². The molecule has 0 radical (unpaired) electrons. The lowest BCUT2D eigenvalue weighted by Crippen LogP contribution is -2.35.